The monoisotopic (exact) mass is 416 g/mol. The summed E-state index contributed by atoms with van der Waals surface area (Å²) in [6.07, 6.45) is 0.552. The van der Waals surface area contributed by atoms with Crippen molar-refractivity contribution in [2.45, 2.75) is 39.8 Å². The van der Waals surface area contributed by atoms with E-state index in [-0.39, 0.29) is 12.4 Å². The predicted molar refractivity (Wildman–Crippen MR) is 109 cm³/mol. The van der Waals surface area contributed by atoms with Crippen molar-refractivity contribution >= 4 is 23.5 Å². The average molecular weight is 416 g/mol. The summed E-state index contributed by atoms with van der Waals surface area (Å²) in [5.41, 5.74) is 4.94. The van der Waals surface area contributed by atoms with E-state index in [1.165, 1.54) is 6.92 Å². The Morgan fingerprint density at radius 1 is 1.27 bits per heavy atom. The largest absolute Gasteiger partial charge is 0.456 e. The number of anilines is 1. The number of aromatic amines is 1. The third kappa shape index (κ3) is 5.22. The maximum absolute atomic E-state index is 12.4. The van der Waals surface area contributed by atoms with Crippen molar-refractivity contribution in [1.29, 1.82) is 0 Å². The van der Waals surface area contributed by atoms with Crippen molar-refractivity contribution < 1.29 is 19.1 Å². The second-order valence-electron chi connectivity index (χ2n) is 6.77. The van der Waals surface area contributed by atoms with Crippen LogP contribution in [0.2, 0.25) is 0 Å². The van der Waals surface area contributed by atoms with Crippen LogP contribution in [0.1, 0.15) is 46.5 Å². The molecule has 1 aromatic carbocycles. The summed E-state index contributed by atoms with van der Waals surface area (Å²) in [5, 5.41) is 2.48. The molecule has 10 nitrogen and oxygen atoms in total. The van der Waals surface area contributed by atoms with Crippen molar-refractivity contribution in [1.82, 2.24) is 14.9 Å². The van der Waals surface area contributed by atoms with E-state index in [1.807, 2.05) is 18.0 Å². The molecule has 0 fully saturated rings. The number of hydrogen-bond acceptors (Lipinski definition) is 7. The van der Waals surface area contributed by atoms with Crippen LogP contribution < -0.4 is 22.3 Å². The fourth-order valence-corrected chi connectivity index (χ4v) is 2.76. The lowest BCUT2D eigenvalue weighted by molar-refractivity contribution is -0.144. The second kappa shape index (κ2) is 9.68. The smallest absolute Gasteiger partial charge is 0.329 e. The van der Waals surface area contributed by atoms with E-state index >= 15 is 0 Å². The zero-order chi connectivity index (χ0) is 22.4. The number of aryl methyl sites for hydroxylation is 1. The van der Waals surface area contributed by atoms with E-state index in [9.17, 15) is 24.0 Å². The highest BCUT2D eigenvalue weighted by Crippen LogP contribution is 2.07. The fraction of sp³-hybridized carbons (Fsp3) is 0.350. The zero-order valence-corrected chi connectivity index (χ0v) is 17.0. The summed E-state index contributed by atoms with van der Waals surface area (Å²) >= 11 is 0. The van der Waals surface area contributed by atoms with Gasteiger partial charge in [0.2, 0.25) is 5.78 Å². The van der Waals surface area contributed by atoms with Crippen molar-refractivity contribution in [3.05, 3.63) is 61.8 Å². The number of amides is 1. The Hall–Kier alpha value is -3.69. The number of nitrogen functional groups attached to an aromatic ring is 1. The number of ether oxygens (including phenoxy) is 1. The van der Waals surface area contributed by atoms with Gasteiger partial charge in [0.15, 0.2) is 6.61 Å². The highest BCUT2D eigenvalue weighted by molar-refractivity contribution is 6.01. The maximum Gasteiger partial charge on any atom is 0.329 e. The summed E-state index contributed by atoms with van der Waals surface area (Å²) in [6, 6.07) is 5.78. The van der Waals surface area contributed by atoms with Crippen LogP contribution in [0.25, 0.3) is 0 Å². The zero-order valence-electron chi connectivity index (χ0n) is 17.0. The molecule has 0 saturated heterocycles. The molecule has 0 saturated carbocycles. The number of ketones is 1. The van der Waals surface area contributed by atoms with Crippen LogP contribution in [-0.2, 0) is 16.1 Å². The van der Waals surface area contributed by atoms with Gasteiger partial charge in [-0.25, -0.2) is 9.59 Å². The first-order valence-electron chi connectivity index (χ1n) is 9.35. The first-order chi connectivity index (χ1) is 14.1. The van der Waals surface area contributed by atoms with E-state index in [0.717, 1.165) is 10.1 Å². The summed E-state index contributed by atoms with van der Waals surface area (Å²) in [5.74, 6) is -2.47. The van der Waals surface area contributed by atoms with Gasteiger partial charge < -0.3 is 15.8 Å². The van der Waals surface area contributed by atoms with Gasteiger partial charge in [0.25, 0.3) is 11.5 Å². The number of hydrogen-bond donors (Lipinski definition) is 3. The molecule has 10 heteroatoms. The van der Waals surface area contributed by atoms with Gasteiger partial charge in [0.05, 0.1) is 0 Å². The lowest BCUT2D eigenvalue weighted by atomic mass is 10.1. The molecule has 1 heterocycles. The summed E-state index contributed by atoms with van der Waals surface area (Å²) in [4.78, 5) is 62.6. The Bertz CT molecular complexity index is 1090. The summed E-state index contributed by atoms with van der Waals surface area (Å²) < 4.78 is 5.99. The molecule has 2 rings (SSSR count). The minimum absolute atomic E-state index is 0.212. The molecule has 30 heavy (non-hydrogen) atoms. The van der Waals surface area contributed by atoms with Gasteiger partial charge in [-0.1, -0.05) is 24.6 Å². The molecule has 0 aliphatic rings. The van der Waals surface area contributed by atoms with Crippen LogP contribution in [0.3, 0.4) is 0 Å². The lowest BCUT2D eigenvalue weighted by Gasteiger charge is -2.14. The standard InChI is InChI=1S/C20H24N4O6/c1-4-8-24-16(21)15(18(27)23-20(24)29)14(25)10-30-19(28)12(3)22-17(26)13-7-5-6-11(2)9-13/h5-7,9,12H,4,8,10,21H2,1-3H3,(H,22,26)(H,23,27,29)/t12-/m1/s1. The number of carbonyl (C=O) groups is 3. The fourth-order valence-electron chi connectivity index (χ4n) is 2.76. The number of Topliss-reactive ketones (excluding diaryl/α,β-unsaturated/α-hetero) is 1. The molecule has 0 aliphatic carbocycles. The molecule has 0 spiro atoms. The Kier molecular flexibility index (Phi) is 7.29. The molecule has 1 amide bonds. The molecule has 0 bridgehead atoms. The molecule has 2 aromatic rings. The summed E-state index contributed by atoms with van der Waals surface area (Å²) in [7, 11) is 0. The molecule has 0 radical (unpaired) electrons. The van der Waals surface area contributed by atoms with Crippen LogP contribution >= 0.6 is 0 Å². The van der Waals surface area contributed by atoms with Crippen molar-refractivity contribution in [3.8, 4) is 0 Å². The van der Waals surface area contributed by atoms with Crippen molar-refractivity contribution in [2.75, 3.05) is 12.3 Å². The minimum Gasteiger partial charge on any atom is -0.456 e. The number of carbonyl (C=O) groups excluding carboxylic acids is 3. The molecule has 0 unspecified atom stereocenters. The van der Waals surface area contributed by atoms with E-state index in [4.69, 9.17) is 10.5 Å². The third-order valence-corrected chi connectivity index (χ3v) is 4.29. The second-order valence-corrected chi connectivity index (χ2v) is 6.77. The molecular weight excluding hydrogens is 392 g/mol. The molecule has 0 aliphatic heterocycles. The van der Waals surface area contributed by atoms with E-state index in [0.29, 0.717) is 12.0 Å². The number of nitrogens with zero attached hydrogens (tertiary/aromatic N) is 1. The number of benzene rings is 1. The van der Waals surface area contributed by atoms with Gasteiger partial charge in [0, 0.05) is 12.1 Å². The third-order valence-electron chi connectivity index (χ3n) is 4.29. The van der Waals surface area contributed by atoms with Gasteiger partial charge in [-0.05, 0) is 32.4 Å². The van der Waals surface area contributed by atoms with Gasteiger partial charge in [-0.15, -0.1) is 0 Å². The highest BCUT2D eigenvalue weighted by atomic mass is 16.5. The van der Waals surface area contributed by atoms with Crippen LogP contribution in [0.4, 0.5) is 5.82 Å². The maximum atomic E-state index is 12.4. The van der Waals surface area contributed by atoms with Crippen molar-refractivity contribution in [2.24, 2.45) is 0 Å². The number of nitrogens with one attached hydrogen (secondary N) is 2. The molecule has 1 atom stereocenters. The highest BCUT2D eigenvalue weighted by Gasteiger charge is 2.23. The van der Waals surface area contributed by atoms with Crippen molar-refractivity contribution in [3.63, 3.8) is 0 Å². The van der Waals surface area contributed by atoms with Gasteiger partial charge in [0.1, 0.15) is 17.4 Å². The Labute approximate surface area is 172 Å². The Morgan fingerprint density at radius 2 is 1.97 bits per heavy atom. The van der Waals surface area contributed by atoms with Gasteiger partial charge in [-0.2, -0.15) is 0 Å². The molecular formula is C20H24N4O6. The lowest BCUT2D eigenvalue weighted by Crippen LogP contribution is -2.41. The Balaban J connectivity index is 2.04. The first kappa shape index (κ1) is 22.6. The molecule has 4 N–H and O–H groups in total. The molecule has 160 valence electrons. The first-order valence-corrected chi connectivity index (χ1v) is 9.35. The van der Waals surface area contributed by atoms with E-state index < -0.39 is 47.1 Å². The Morgan fingerprint density at radius 3 is 2.60 bits per heavy atom. The molecule has 1 aromatic heterocycles. The average Bonchev–Trinajstić information content (AvgIpc) is 2.69. The normalized spacial score (nSPS) is 11.6. The van der Waals surface area contributed by atoms with Crippen LogP contribution in [-0.4, -0.2) is 39.9 Å². The van der Waals surface area contributed by atoms with Crippen LogP contribution in [0.5, 0.6) is 0 Å². The van der Waals surface area contributed by atoms with Crippen LogP contribution in [0, 0.1) is 6.92 Å². The van der Waals surface area contributed by atoms with Gasteiger partial charge >= 0.3 is 11.7 Å². The number of rotatable bonds is 8. The van der Waals surface area contributed by atoms with E-state index in [2.05, 4.69) is 5.32 Å². The van der Waals surface area contributed by atoms with Crippen LogP contribution in [0.15, 0.2) is 33.9 Å². The quantitative estimate of drug-likeness (QED) is 0.415. The summed E-state index contributed by atoms with van der Waals surface area (Å²) in [6.45, 7) is 4.48. The van der Waals surface area contributed by atoms with Gasteiger partial charge in [-0.3, -0.25) is 23.9 Å². The SMILES string of the molecule is CCCn1c(N)c(C(=O)COC(=O)[C@@H](C)NC(=O)c2cccc(C)c2)c(=O)[nH]c1=O. The minimum atomic E-state index is -1.03. The predicted octanol–water partition coefficient (Wildman–Crippen LogP) is 0.382. The number of aromatic nitrogens is 2. The van der Waals surface area contributed by atoms with E-state index in [1.54, 1.807) is 25.1 Å². The topological polar surface area (TPSA) is 153 Å². The number of H-pyrrole nitrogens is 1. The number of nitrogens with two attached hydrogens (primary N) is 1. The number of esters is 1.